The molecule has 1 aromatic carbocycles. The molecule has 1 atom stereocenters. The van der Waals surface area contributed by atoms with E-state index >= 15 is 0 Å². The lowest BCUT2D eigenvalue weighted by Crippen LogP contribution is -2.44. The summed E-state index contributed by atoms with van der Waals surface area (Å²) in [5, 5.41) is 6.60. The Balaban J connectivity index is 1.76. The van der Waals surface area contributed by atoms with Gasteiger partial charge in [0.15, 0.2) is 15.8 Å². The standard InChI is InChI=1S/C19H28BrN3O2S/c1-2-21-18(23-17-8-11-26(24,25)13-17)22-14-19(9-3-4-10-19)15-6-5-7-16(20)12-15/h5-7,12,17H,2-4,8-11,13-14H2,1H3,(H2,21,22,23). The summed E-state index contributed by atoms with van der Waals surface area (Å²) in [6.07, 6.45) is 5.40. The van der Waals surface area contributed by atoms with Crippen molar-refractivity contribution in [3.63, 3.8) is 0 Å². The fourth-order valence-corrected chi connectivity index (χ4v) is 6.13. The Labute approximate surface area is 165 Å². The van der Waals surface area contributed by atoms with Gasteiger partial charge < -0.3 is 10.6 Å². The van der Waals surface area contributed by atoms with Gasteiger partial charge in [0.05, 0.1) is 18.1 Å². The van der Waals surface area contributed by atoms with Crippen LogP contribution < -0.4 is 10.6 Å². The highest BCUT2D eigenvalue weighted by Crippen LogP contribution is 2.42. The molecular weight excluding hydrogens is 414 g/mol. The molecule has 7 heteroatoms. The van der Waals surface area contributed by atoms with Crippen LogP contribution in [0.4, 0.5) is 0 Å². The highest BCUT2D eigenvalue weighted by molar-refractivity contribution is 9.10. The zero-order chi connectivity index (χ0) is 18.6. The predicted molar refractivity (Wildman–Crippen MR) is 110 cm³/mol. The third-order valence-electron chi connectivity index (χ3n) is 5.45. The number of benzene rings is 1. The third-order valence-corrected chi connectivity index (χ3v) is 7.72. The van der Waals surface area contributed by atoms with E-state index in [0.717, 1.165) is 36.4 Å². The second-order valence-corrected chi connectivity index (χ2v) is 10.6. The molecule has 0 bridgehead atoms. The minimum absolute atomic E-state index is 0.0387. The Morgan fingerprint density at radius 1 is 1.35 bits per heavy atom. The highest BCUT2D eigenvalue weighted by Gasteiger charge is 2.36. The molecule has 0 radical (unpaired) electrons. The number of hydrogen-bond donors (Lipinski definition) is 2. The molecule has 1 aliphatic heterocycles. The zero-order valence-electron chi connectivity index (χ0n) is 15.3. The van der Waals surface area contributed by atoms with Crippen molar-refractivity contribution in [3.05, 3.63) is 34.3 Å². The maximum atomic E-state index is 11.7. The first-order chi connectivity index (χ1) is 12.4. The fraction of sp³-hybridized carbons (Fsp3) is 0.632. The van der Waals surface area contributed by atoms with Crippen LogP contribution in [0, 0.1) is 0 Å². The zero-order valence-corrected chi connectivity index (χ0v) is 17.7. The molecule has 144 valence electrons. The molecule has 1 heterocycles. The Bertz CT molecular complexity index is 758. The number of aliphatic imine (C=N–C) groups is 1. The molecule has 0 spiro atoms. The second kappa shape index (κ2) is 8.30. The summed E-state index contributed by atoms with van der Waals surface area (Å²) < 4.78 is 24.5. The molecule has 1 aromatic rings. The van der Waals surface area contributed by atoms with Gasteiger partial charge in [-0.05, 0) is 43.9 Å². The number of halogens is 1. The first-order valence-corrected chi connectivity index (χ1v) is 12.1. The van der Waals surface area contributed by atoms with Crippen molar-refractivity contribution >= 4 is 31.7 Å². The molecule has 2 N–H and O–H groups in total. The summed E-state index contributed by atoms with van der Waals surface area (Å²) in [7, 11) is -2.90. The van der Waals surface area contributed by atoms with Crippen LogP contribution in [0.25, 0.3) is 0 Å². The largest absolute Gasteiger partial charge is 0.357 e. The van der Waals surface area contributed by atoms with Gasteiger partial charge in [0, 0.05) is 22.5 Å². The summed E-state index contributed by atoms with van der Waals surface area (Å²) in [6.45, 7) is 3.51. The predicted octanol–water partition coefficient (Wildman–Crippen LogP) is 3.00. The van der Waals surface area contributed by atoms with Gasteiger partial charge in [-0.3, -0.25) is 4.99 Å². The van der Waals surface area contributed by atoms with Gasteiger partial charge >= 0.3 is 0 Å². The lowest BCUT2D eigenvalue weighted by molar-refractivity contribution is 0.452. The molecular formula is C19H28BrN3O2S. The van der Waals surface area contributed by atoms with Gasteiger partial charge in [0.1, 0.15) is 0 Å². The summed E-state index contributed by atoms with van der Waals surface area (Å²) in [5.41, 5.74) is 1.42. The Hall–Kier alpha value is -1.08. The van der Waals surface area contributed by atoms with Gasteiger partial charge in [0.25, 0.3) is 0 Å². The van der Waals surface area contributed by atoms with Crippen LogP contribution in [0.5, 0.6) is 0 Å². The van der Waals surface area contributed by atoms with Crippen LogP contribution in [0.3, 0.4) is 0 Å². The van der Waals surface area contributed by atoms with Crippen molar-refractivity contribution in [1.82, 2.24) is 10.6 Å². The minimum Gasteiger partial charge on any atom is -0.357 e. The topological polar surface area (TPSA) is 70.6 Å². The Morgan fingerprint density at radius 2 is 2.12 bits per heavy atom. The second-order valence-electron chi connectivity index (χ2n) is 7.44. The van der Waals surface area contributed by atoms with Gasteiger partial charge in [-0.25, -0.2) is 8.42 Å². The van der Waals surface area contributed by atoms with Crippen LogP contribution in [-0.2, 0) is 15.3 Å². The smallest absolute Gasteiger partial charge is 0.191 e. The van der Waals surface area contributed by atoms with E-state index in [4.69, 9.17) is 4.99 Å². The number of nitrogens with one attached hydrogen (secondary N) is 2. The summed E-state index contributed by atoms with van der Waals surface area (Å²) in [4.78, 5) is 4.87. The van der Waals surface area contributed by atoms with E-state index in [2.05, 4.69) is 50.8 Å². The maximum absolute atomic E-state index is 11.7. The first kappa shape index (κ1) is 19.7. The molecule has 1 unspecified atom stereocenters. The average Bonchev–Trinajstić information content (AvgIpc) is 3.20. The quantitative estimate of drug-likeness (QED) is 0.544. The number of nitrogens with zero attached hydrogens (tertiary/aromatic N) is 1. The van der Waals surface area contributed by atoms with Crippen molar-refractivity contribution in [2.24, 2.45) is 4.99 Å². The van der Waals surface area contributed by atoms with Crippen molar-refractivity contribution in [2.45, 2.75) is 50.5 Å². The first-order valence-electron chi connectivity index (χ1n) is 9.44. The van der Waals surface area contributed by atoms with Gasteiger partial charge in [-0.2, -0.15) is 0 Å². The van der Waals surface area contributed by atoms with Gasteiger partial charge in [-0.1, -0.05) is 40.9 Å². The number of hydrogen-bond acceptors (Lipinski definition) is 3. The molecule has 5 nitrogen and oxygen atoms in total. The van der Waals surface area contributed by atoms with Gasteiger partial charge in [0.2, 0.25) is 0 Å². The molecule has 0 amide bonds. The van der Waals surface area contributed by atoms with E-state index in [9.17, 15) is 8.42 Å². The van der Waals surface area contributed by atoms with Crippen LogP contribution in [0.1, 0.15) is 44.6 Å². The normalized spacial score (nSPS) is 24.5. The van der Waals surface area contributed by atoms with Crippen LogP contribution in [-0.4, -0.2) is 45.0 Å². The Morgan fingerprint density at radius 3 is 2.73 bits per heavy atom. The molecule has 2 fully saturated rings. The van der Waals surface area contributed by atoms with Crippen LogP contribution in [0.15, 0.2) is 33.7 Å². The molecule has 1 saturated heterocycles. The lowest BCUT2D eigenvalue weighted by Gasteiger charge is -2.29. The monoisotopic (exact) mass is 441 g/mol. The summed E-state index contributed by atoms with van der Waals surface area (Å²) >= 11 is 3.59. The van der Waals surface area contributed by atoms with E-state index in [1.165, 1.54) is 18.4 Å². The minimum atomic E-state index is -2.90. The highest BCUT2D eigenvalue weighted by atomic mass is 79.9. The lowest BCUT2D eigenvalue weighted by atomic mass is 9.79. The number of rotatable bonds is 5. The van der Waals surface area contributed by atoms with E-state index in [1.54, 1.807) is 0 Å². The SMILES string of the molecule is CCNC(=NCC1(c2cccc(Br)c2)CCCC1)NC1CCS(=O)(=O)C1. The molecule has 1 aliphatic carbocycles. The average molecular weight is 442 g/mol. The van der Waals surface area contributed by atoms with Crippen molar-refractivity contribution in [3.8, 4) is 0 Å². The van der Waals surface area contributed by atoms with E-state index in [1.807, 2.05) is 6.92 Å². The van der Waals surface area contributed by atoms with Crippen molar-refractivity contribution < 1.29 is 8.42 Å². The molecule has 0 aromatic heterocycles. The molecule has 2 aliphatic rings. The third kappa shape index (κ3) is 4.80. The summed E-state index contributed by atoms with van der Waals surface area (Å²) in [5.74, 6) is 1.20. The molecule has 1 saturated carbocycles. The summed E-state index contributed by atoms with van der Waals surface area (Å²) in [6, 6.07) is 8.53. The fourth-order valence-electron chi connectivity index (χ4n) is 4.06. The van der Waals surface area contributed by atoms with E-state index in [0.29, 0.717) is 6.42 Å². The molecule has 3 rings (SSSR count). The van der Waals surface area contributed by atoms with Crippen molar-refractivity contribution in [2.75, 3.05) is 24.6 Å². The Kier molecular flexibility index (Phi) is 6.28. The van der Waals surface area contributed by atoms with Crippen molar-refractivity contribution in [1.29, 1.82) is 0 Å². The number of sulfone groups is 1. The maximum Gasteiger partial charge on any atom is 0.191 e. The molecule has 26 heavy (non-hydrogen) atoms. The van der Waals surface area contributed by atoms with E-state index < -0.39 is 9.84 Å². The van der Waals surface area contributed by atoms with Crippen LogP contribution >= 0.6 is 15.9 Å². The van der Waals surface area contributed by atoms with E-state index in [-0.39, 0.29) is 23.0 Å². The van der Waals surface area contributed by atoms with Crippen LogP contribution in [0.2, 0.25) is 0 Å². The number of guanidine groups is 1. The van der Waals surface area contributed by atoms with Gasteiger partial charge in [-0.15, -0.1) is 0 Å².